The van der Waals surface area contributed by atoms with Crippen LogP contribution in [-0.4, -0.2) is 33.7 Å². The summed E-state index contributed by atoms with van der Waals surface area (Å²) in [5.41, 5.74) is 2.36. The normalized spacial score (nSPS) is 17.0. The summed E-state index contributed by atoms with van der Waals surface area (Å²) < 4.78 is 2.07. The molecule has 1 aliphatic rings. The van der Waals surface area contributed by atoms with Crippen LogP contribution in [0.2, 0.25) is 0 Å². The zero-order valence-electron chi connectivity index (χ0n) is 11.9. The van der Waals surface area contributed by atoms with E-state index >= 15 is 0 Å². The maximum absolute atomic E-state index is 11.0. The number of fused-ring (bicyclic) bond motifs is 1. The second kappa shape index (κ2) is 5.99. The average Bonchev–Trinajstić information content (AvgIpc) is 3.08. The van der Waals surface area contributed by atoms with Crippen LogP contribution in [0, 0.1) is 0 Å². The third-order valence-corrected chi connectivity index (χ3v) is 3.98. The number of hydrogen-bond donors (Lipinski definition) is 1. The first-order valence-corrected chi connectivity index (χ1v) is 7.25. The van der Waals surface area contributed by atoms with E-state index in [0.29, 0.717) is 0 Å². The van der Waals surface area contributed by atoms with Gasteiger partial charge in [-0.2, -0.15) is 0 Å². The highest BCUT2D eigenvalue weighted by atomic mass is 16.4. The monoisotopic (exact) mass is 285 g/mol. The summed E-state index contributed by atoms with van der Waals surface area (Å²) in [7, 11) is 0. The molecule has 0 amide bonds. The molecule has 1 aromatic carbocycles. The summed E-state index contributed by atoms with van der Waals surface area (Å²) in [6.45, 7) is 2.67. The summed E-state index contributed by atoms with van der Waals surface area (Å²) in [5.74, 6) is -0.623. The van der Waals surface area contributed by atoms with E-state index in [1.54, 1.807) is 6.20 Å². The van der Waals surface area contributed by atoms with Gasteiger partial charge in [-0.3, -0.25) is 4.79 Å². The summed E-state index contributed by atoms with van der Waals surface area (Å²) in [6.07, 6.45) is 6.80. The number of nitrogens with zero attached hydrogens (tertiary/aromatic N) is 3. The number of hydrogen-bond acceptors (Lipinski definition) is 3. The van der Waals surface area contributed by atoms with Gasteiger partial charge in [-0.1, -0.05) is 18.2 Å². The molecule has 2 heterocycles. The SMILES string of the molecule is O=C(O)CC1CN(CCCn2ccnc2)c2ccccc21. The van der Waals surface area contributed by atoms with E-state index in [-0.39, 0.29) is 12.3 Å². The lowest BCUT2D eigenvalue weighted by Gasteiger charge is -2.19. The molecule has 0 saturated heterocycles. The molecule has 1 aliphatic heterocycles. The van der Waals surface area contributed by atoms with Crippen LogP contribution in [0.5, 0.6) is 0 Å². The summed E-state index contributed by atoms with van der Waals surface area (Å²) >= 11 is 0. The van der Waals surface area contributed by atoms with Crippen molar-refractivity contribution in [3.63, 3.8) is 0 Å². The minimum absolute atomic E-state index is 0.104. The number of carboxylic acids is 1. The fraction of sp³-hybridized carbons (Fsp3) is 0.375. The van der Waals surface area contributed by atoms with Gasteiger partial charge >= 0.3 is 5.97 Å². The smallest absolute Gasteiger partial charge is 0.304 e. The molecule has 0 aliphatic carbocycles. The van der Waals surface area contributed by atoms with Gasteiger partial charge in [0.15, 0.2) is 0 Å². The van der Waals surface area contributed by atoms with Crippen molar-refractivity contribution >= 4 is 11.7 Å². The third-order valence-electron chi connectivity index (χ3n) is 3.98. The van der Waals surface area contributed by atoms with Crippen LogP contribution in [-0.2, 0) is 11.3 Å². The van der Waals surface area contributed by atoms with Crippen molar-refractivity contribution < 1.29 is 9.90 Å². The van der Waals surface area contributed by atoms with Gasteiger partial charge in [-0.15, -0.1) is 0 Å². The maximum Gasteiger partial charge on any atom is 0.304 e. The minimum Gasteiger partial charge on any atom is -0.481 e. The van der Waals surface area contributed by atoms with Crippen molar-refractivity contribution in [2.24, 2.45) is 0 Å². The number of aryl methyl sites for hydroxylation is 1. The van der Waals surface area contributed by atoms with Crippen LogP contribution in [0.25, 0.3) is 0 Å². The number of rotatable bonds is 6. The number of anilines is 1. The van der Waals surface area contributed by atoms with E-state index in [1.165, 1.54) is 11.3 Å². The Hall–Kier alpha value is -2.30. The van der Waals surface area contributed by atoms with Crippen molar-refractivity contribution in [3.8, 4) is 0 Å². The topological polar surface area (TPSA) is 58.4 Å². The van der Waals surface area contributed by atoms with Crippen LogP contribution >= 0.6 is 0 Å². The fourth-order valence-electron chi connectivity index (χ4n) is 3.04. The zero-order chi connectivity index (χ0) is 14.7. The van der Waals surface area contributed by atoms with Crippen LogP contribution in [0.3, 0.4) is 0 Å². The Balaban J connectivity index is 1.65. The molecule has 0 saturated carbocycles. The molecule has 2 aromatic rings. The number of aromatic nitrogens is 2. The van der Waals surface area contributed by atoms with Crippen molar-refractivity contribution in [3.05, 3.63) is 48.5 Å². The van der Waals surface area contributed by atoms with E-state index in [2.05, 4.69) is 26.6 Å². The standard InChI is InChI=1S/C16H19N3O2/c20-16(21)10-13-11-19(15-5-2-1-4-14(13)15)8-3-7-18-9-6-17-12-18/h1-2,4-6,9,12-13H,3,7-8,10-11H2,(H,20,21). The van der Waals surface area contributed by atoms with Gasteiger partial charge in [-0.05, 0) is 18.1 Å². The van der Waals surface area contributed by atoms with Gasteiger partial charge in [0.2, 0.25) is 0 Å². The molecule has 3 rings (SSSR count). The van der Waals surface area contributed by atoms with Gasteiger partial charge in [0.1, 0.15) is 0 Å². The zero-order valence-corrected chi connectivity index (χ0v) is 11.9. The van der Waals surface area contributed by atoms with Gasteiger partial charge in [0, 0.05) is 43.6 Å². The average molecular weight is 285 g/mol. The highest BCUT2D eigenvalue weighted by Crippen LogP contribution is 2.37. The van der Waals surface area contributed by atoms with E-state index in [9.17, 15) is 4.79 Å². The largest absolute Gasteiger partial charge is 0.481 e. The summed E-state index contributed by atoms with van der Waals surface area (Å²) in [5, 5.41) is 9.06. The van der Waals surface area contributed by atoms with E-state index in [0.717, 1.165) is 26.1 Å². The molecule has 1 aromatic heterocycles. The summed E-state index contributed by atoms with van der Waals surface area (Å²) in [4.78, 5) is 17.4. The number of para-hydroxylation sites is 1. The molecule has 21 heavy (non-hydrogen) atoms. The Bertz CT molecular complexity index is 610. The predicted octanol–water partition coefficient (Wildman–Crippen LogP) is 2.35. The van der Waals surface area contributed by atoms with Crippen LogP contribution in [0.1, 0.15) is 24.3 Å². The molecule has 1 atom stereocenters. The number of carbonyl (C=O) groups is 1. The molecular weight excluding hydrogens is 266 g/mol. The Morgan fingerprint density at radius 1 is 1.33 bits per heavy atom. The van der Waals surface area contributed by atoms with E-state index in [1.807, 2.05) is 24.7 Å². The Morgan fingerprint density at radius 2 is 2.19 bits per heavy atom. The maximum atomic E-state index is 11.0. The molecular formula is C16H19N3O2. The summed E-state index contributed by atoms with van der Waals surface area (Å²) in [6, 6.07) is 8.15. The lowest BCUT2D eigenvalue weighted by molar-refractivity contribution is -0.137. The Labute approximate surface area is 123 Å². The second-order valence-corrected chi connectivity index (χ2v) is 5.45. The van der Waals surface area contributed by atoms with Crippen LogP contribution < -0.4 is 4.90 Å². The van der Waals surface area contributed by atoms with Crippen LogP contribution in [0.15, 0.2) is 43.0 Å². The van der Waals surface area contributed by atoms with Crippen LogP contribution in [0.4, 0.5) is 5.69 Å². The molecule has 5 heteroatoms. The molecule has 5 nitrogen and oxygen atoms in total. The second-order valence-electron chi connectivity index (χ2n) is 5.45. The fourth-order valence-corrected chi connectivity index (χ4v) is 3.04. The third kappa shape index (κ3) is 3.07. The van der Waals surface area contributed by atoms with Crippen molar-refractivity contribution in [2.45, 2.75) is 25.3 Å². The molecule has 110 valence electrons. The first-order valence-electron chi connectivity index (χ1n) is 7.25. The number of imidazole rings is 1. The van der Waals surface area contributed by atoms with Gasteiger partial charge in [0.25, 0.3) is 0 Å². The van der Waals surface area contributed by atoms with E-state index in [4.69, 9.17) is 5.11 Å². The first-order chi connectivity index (χ1) is 10.2. The highest BCUT2D eigenvalue weighted by Gasteiger charge is 2.29. The molecule has 0 radical (unpaired) electrons. The Kier molecular flexibility index (Phi) is 3.90. The van der Waals surface area contributed by atoms with E-state index < -0.39 is 5.97 Å². The number of benzene rings is 1. The predicted molar refractivity (Wildman–Crippen MR) is 80.5 cm³/mol. The molecule has 1 unspecified atom stereocenters. The molecule has 0 fully saturated rings. The highest BCUT2D eigenvalue weighted by molar-refractivity contribution is 5.71. The lowest BCUT2D eigenvalue weighted by Crippen LogP contribution is -2.24. The Morgan fingerprint density at radius 3 is 2.95 bits per heavy atom. The molecule has 0 bridgehead atoms. The number of carboxylic acid groups (broad SMARTS) is 1. The van der Waals surface area contributed by atoms with Crippen molar-refractivity contribution in [1.29, 1.82) is 0 Å². The minimum atomic E-state index is -0.727. The lowest BCUT2D eigenvalue weighted by atomic mass is 9.98. The first kappa shape index (κ1) is 13.7. The molecule has 0 spiro atoms. The van der Waals surface area contributed by atoms with Gasteiger partial charge < -0.3 is 14.6 Å². The number of aliphatic carboxylic acids is 1. The molecule has 1 N–H and O–H groups in total. The van der Waals surface area contributed by atoms with Crippen molar-refractivity contribution in [1.82, 2.24) is 9.55 Å². The quantitative estimate of drug-likeness (QED) is 0.885. The van der Waals surface area contributed by atoms with Gasteiger partial charge in [0.05, 0.1) is 12.7 Å². The van der Waals surface area contributed by atoms with Gasteiger partial charge in [-0.25, -0.2) is 4.98 Å². The van der Waals surface area contributed by atoms with Crippen molar-refractivity contribution in [2.75, 3.05) is 18.0 Å².